The molecule has 3 aromatic rings. The summed E-state index contributed by atoms with van der Waals surface area (Å²) in [6.07, 6.45) is 1.72. The maximum atomic E-state index is 13.7. The summed E-state index contributed by atoms with van der Waals surface area (Å²) in [6, 6.07) is 26.1. The number of carbonyl (C=O) groups excluding carboxylic acids is 1. The summed E-state index contributed by atoms with van der Waals surface area (Å²) in [4.78, 5) is 18.7. The van der Waals surface area contributed by atoms with E-state index in [1.807, 2.05) is 48.5 Å². The number of hydrogen-bond acceptors (Lipinski definition) is 3. The molecule has 0 radical (unpaired) electrons. The third kappa shape index (κ3) is 6.89. The summed E-state index contributed by atoms with van der Waals surface area (Å²) in [7, 11) is 1.95. The van der Waals surface area contributed by atoms with Crippen LogP contribution in [0.5, 0.6) is 0 Å². The highest BCUT2D eigenvalue weighted by molar-refractivity contribution is 5.89. The monoisotopic (exact) mass is 463 g/mol. The number of benzene rings is 3. The Hall–Kier alpha value is -3.22. The molecule has 180 valence electrons. The van der Waals surface area contributed by atoms with Gasteiger partial charge in [0.1, 0.15) is 11.4 Å². The van der Waals surface area contributed by atoms with E-state index in [1.165, 1.54) is 12.1 Å². The zero-order chi connectivity index (χ0) is 24.4. The van der Waals surface area contributed by atoms with Crippen molar-refractivity contribution in [3.63, 3.8) is 0 Å². The minimum absolute atomic E-state index is 0.168. The van der Waals surface area contributed by atoms with Crippen molar-refractivity contribution in [3.8, 4) is 0 Å². The third-order valence-corrected chi connectivity index (χ3v) is 6.04. The maximum Gasteiger partial charge on any atom is 0.319 e. The molecular formula is C28H34FN3O2. The molecule has 5 nitrogen and oxygen atoms in total. The molecule has 6 heteroatoms. The molecule has 1 atom stereocenters. The van der Waals surface area contributed by atoms with Crippen molar-refractivity contribution in [1.29, 1.82) is 0 Å². The van der Waals surface area contributed by atoms with Crippen LogP contribution in [0.1, 0.15) is 37.8 Å². The van der Waals surface area contributed by atoms with Gasteiger partial charge in [0.2, 0.25) is 0 Å². The van der Waals surface area contributed by atoms with Gasteiger partial charge in [-0.3, -0.25) is 4.84 Å². The van der Waals surface area contributed by atoms with Gasteiger partial charge in [-0.15, -0.1) is 0 Å². The number of urea groups is 1. The van der Waals surface area contributed by atoms with Crippen molar-refractivity contribution in [2.75, 3.05) is 25.5 Å². The van der Waals surface area contributed by atoms with Gasteiger partial charge >= 0.3 is 6.03 Å². The van der Waals surface area contributed by atoms with Crippen molar-refractivity contribution in [2.24, 2.45) is 5.92 Å². The Bertz CT molecular complexity index is 991. The van der Waals surface area contributed by atoms with Crippen LogP contribution in [0.3, 0.4) is 0 Å². The molecule has 0 aromatic heterocycles. The van der Waals surface area contributed by atoms with Crippen LogP contribution in [0.2, 0.25) is 0 Å². The van der Waals surface area contributed by atoms with Crippen LogP contribution >= 0.6 is 0 Å². The topological polar surface area (TPSA) is 53.6 Å². The summed E-state index contributed by atoms with van der Waals surface area (Å²) in [6.45, 7) is 5.42. The van der Waals surface area contributed by atoms with E-state index < -0.39 is 17.4 Å². The highest BCUT2D eigenvalue weighted by Gasteiger charge is 2.32. The number of amides is 2. The van der Waals surface area contributed by atoms with Crippen LogP contribution in [0.25, 0.3) is 0 Å². The minimum Gasteiger partial charge on any atom is -0.338 e. The molecule has 0 saturated heterocycles. The Morgan fingerprint density at radius 2 is 1.53 bits per heavy atom. The second-order valence-corrected chi connectivity index (χ2v) is 8.59. The van der Waals surface area contributed by atoms with E-state index in [0.717, 1.165) is 24.0 Å². The van der Waals surface area contributed by atoms with Crippen molar-refractivity contribution < 1.29 is 14.0 Å². The lowest BCUT2D eigenvalue weighted by atomic mass is 9.88. The van der Waals surface area contributed by atoms with Gasteiger partial charge in [0.25, 0.3) is 0 Å². The van der Waals surface area contributed by atoms with Crippen LogP contribution in [-0.4, -0.2) is 31.2 Å². The SMILES string of the molecule is CCC(CCNC(=O)Nc1ccccc1F)CN(C)OC(C)(c1ccccc1)c1ccccc1. The Labute approximate surface area is 201 Å². The largest absolute Gasteiger partial charge is 0.338 e. The molecule has 34 heavy (non-hydrogen) atoms. The molecule has 2 amide bonds. The lowest BCUT2D eigenvalue weighted by molar-refractivity contribution is -0.222. The number of hydroxylamine groups is 2. The fraction of sp³-hybridized carbons (Fsp3) is 0.321. The molecule has 3 rings (SSSR count). The third-order valence-electron chi connectivity index (χ3n) is 6.04. The van der Waals surface area contributed by atoms with Crippen LogP contribution < -0.4 is 10.6 Å². The van der Waals surface area contributed by atoms with E-state index in [9.17, 15) is 9.18 Å². The van der Waals surface area contributed by atoms with Gasteiger partial charge in [0.05, 0.1) is 5.69 Å². The van der Waals surface area contributed by atoms with E-state index >= 15 is 0 Å². The number of nitrogens with one attached hydrogen (secondary N) is 2. The van der Waals surface area contributed by atoms with Gasteiger partial charge in [0.15, 0.2) is 0 Å². The standard InChI is InChI=1S/C28H34FN3O2/c1-4-22(19-20-30-27(33)31-26-18-12-11-17-25(26)29)21-32(3)34-28(2,23-13-7-5-8-14-23)24-15-9-6-10-16-24/h5-18,22H,4,19-21H2,1-3H3,(H2,30,31,33). The number of rotatable bonds is 11. The van der Waals surface area contributed by atoms with Crippen LogP contribution in [0.4, 0.5) is 14.9 Å². The molecule has 2 N–H and O–H groups in total. The first-order valence-electron chi connectivity index (χ1n) is 11.7. The van der Waals surface area contributed by atoms with Gasteiger partial charge < -0.3 is 10.6 Å². The molecule has 0 saturated carbocycles. The van der Waals surface area contributed by atoms with Crippen molar-refractivity contribution in [3.05, 3.63) is 102 Å². The Morgan fingerprint density at radius 1 is 0.971 bits per heavy atom. The highest BCUT2D eigenvalue weighted by Crippen LogP contribution is 2.34. The molecule has 0 spiro atoms. The quantitative estimate of drug-likeness (QED) is 0.333. The van der Waals surface area contributed by atoms with Crippen molar-refractivity contribution in [2.45, 2.75) is 32.3 Å². The second-order valence-electron chi connectivity index (χ2n) is 8.59. The van der Waals surface area contributed by atoms with E-state index in [4.69, 9.17) is 4.84 Å². The van der Waals surface area contributed by atoms with Gasteiger partial charge in [0, 0.05) is 20.1 Å². The van der Waals surface area contributed by atoms with Gasteiger partial charge in [-0.2, -0.15) is 5.06 Å². The van der Waals surface area contributed by atoms with Gasteiger partial charge in [-0.25, -0.2) is 9.18 Å². The van der Waals surface area contributed by atoms with E-state index in [2.05, 4.69) is 48.7 Å². The molecular weight excluding hydrogens is 429 g/mol. The predicted octanol–water partition coefficient (Wildman–Crippen LogP) is 6.19. The smallest absolute Gasteiger partial charge is 0.319 e. The van der Waals surface area contributed by atoms with E-state index in [-0.39, 0.29) is 5.69 Å². The summed E-state index contributed by atoms with van der Waals surface area (Å²) in [5, 5.41) is 7.27. The fourth-order valence-electron chi connectivity index (χ4n) is 4.04. The minimum atomic E-state index is -0.631. The number of para-hydroxylation sites is 1. The Balaban J connectivity index is 1.56. The van der Waals surface area contributed by atoms with E-state index in [0.29, 0.717) is 19.0 Å². The van der Waals surface area contributed by atoms with Crippen LogP contribution in [0.15, 0.2) is 84.9 Å². The predicted molar refractivity (Wildman–Crippen MR) is 135 cm³/mol. The fourth-order valence-corrected chi connectivity index (χ4v) is 4.04. The zero-order valence-electron chi connectivity index (χ0n) is 20.1. The van der Waals surface area contributed by atoms with Crippen LogP contribution in [0, 0.1) is 11.7 Å². The van der Waals surface area contributed by atoms with Gasteiger partial charge in [-0.05, 0) is 42.5 Å². The summed E-state index contributed by atoms with van der Waals surface area (Å²) >= 11 is 0. The summed E-state index contributed by atoms with van der Waals surface area (Å²) < 4.78 is 13.7. The molecule has 1 unspecified atom stereocenters. The average Bonchev–Trinajstić information content (AvgIpc) is 2.85. The Kier molecular flexibility index (Phi) is 9.19. The highest BCUT2D eigenvalue weighted by atomic mass is 19.1. The van der Waals surface area contributed by atoms with Crippen molar-refractivity contribution >= 4 is 11.7 Å². The molecule has 0 fully saturated rings. The first kappa shape index (κ1) is 25.4. The molecule has 0 bridgehead atoms. The number of nitrogens with zero attached hydrogens (tertiary/aromatic N) is 1. The molecule has 0 heterocycles. The molecule has 0 aliphatic carbocycles. The number of hydrogen-bond donors (Lipinski definition) is 2. The lowest BCUT2D eigenvalue weighted by Crippen LogP contribution is -2.38. The van der Waals surface area contributed by atoms with Crippen molar-refractivity contribution in [1.82, 2.24) is 10.4 Å². The van der Waals surface area contributed by atoms with Crippen LogP contribution in [-0.2, 0) is 10.4 Å². The lowest BCUT2D eigenvalue weighted by Gasteiger charge is -2.36. The summed E-state index contributed by atoms with van der Waals surface area (Å²) in [5.74, 6) is -0.141. The average molecular weight is 464 g/mol. The van der Waals surface area contributed by atoms with Gasteiger partial charge in [-0.1, -0.05) is 86.1 Å². The number of carbonyl (C=O) groups is 1. The molecule has 0 aliphatic heterocycles. The first-order chi connectivity index (χ1) is 16.4. The first-order valence-corrected chi connectivity index (χ1v) is 11.7. The summed E-state index contributed by atoms with van der Waals surface area (Å²) in [5.41, 5.74) is 1.69. The maximum absolute atomic E-state index is 13.7. The zero-order valence-corrected chi connectivity index (χ0v) is 20.1. The normalized spacial score (nSPS) is 12.4. The number of halogens is 1. The Morgan fingerprint density at radius 3 is 2.09 bits per heavy atom. The molecule has 3 aromatic carbocycles. The second kappa shape index (κ2) is 12.3. The molecule has 0 aliphatic rings. The number of anilines is 1. The van der Waals surface area contributed by atoms with E-state index in [1.54, 1.807) is 12.1 Å².